The molecule has 1 aromatic carbocycles. The Bertz CT molecular complexity index is 750. The molecule has 0 radical (unpaired) electrons. The molecule has 1 fully saturated rings. The van der Waals surface area contributed by atoms with Crippen molar-refractivity contribution in [1.29, 1.82) is 0 Å². The Balaban J connectivity index is 1.44. The lowest BCUT2D eigenvalue weighted by molar-refractivity contribution is -0.140. The molecule has 2 aliphatic heterocycles. The normalized spacial score (nSPS) is 17.7. The highest BCUT2D eigenvalue weighted by Gasteiger charge is 2.17. The minimum Gasteiger partial charge on any atom is -0.464 e. The number of ether oxygens (including phenoxy) is 1. The monoisotopic (exact) mass is 413 g/mol. The van der Waals surface area contributed by atoms with E-state index >= 15 is 0 Å². The maximum Gasteiger partial charge on any atom is 0.315 e. The summed E-state index contributed by atoms with van der Waals surface area (Å²) in [5.41, 5.74) is 3.74. The van der Waals surface area contributed by atoms with Crippen molar-refractivity contribution in [2.24, 2.45) is 0 Å². The van der Waals surface area contributed by atoms with Crippen LogP contribution in [0.3, 0.4) is 0 Å². The summed E-state index contributed by atoms with van der Waals surface area (Å²) in [4.78, 5) is 18.2. The zero-order valence-corrected chi connectivity index (χ0v) is 18.1. The van der Waals surface area contributed by atoms with E-state index in [0.29, 0.717) is 6.61 Å². The number of rotatable bonds is 8. The number of nitrogens with zero attached hydrogens (tertiary/aromatic N) is 3. The summed E-state index contributed by atoms with van der Waals surface area (Å²) in [5.74, 6) is -0.107. The van der Waals surface area contributed by atoms with Crippen molar-refractivity contribution in [1.82, 2.24) is 9.80 Å². The van der Waals surface area contributed by atoms with E-state index in [1.165, 1.54) is 16.8 Å². The molecule has 0 aliphatic carbocycles. The first kappa shape index (κ1) is 21.5. The number of carbonyl (C=O) groups is 1. The molecule has 2 aliphatic rings. The lowest BCUT2D eigenvalue weighted by atomic mass is 10.1. The van der Waals surface area contributed by atoms with E-state index in [2.05, 4.69) is 89.0 Å². The molecule has 0 saturated carbocycles. The van der Waals surface area contributed by atoms with E-state index in [1.807, 2.05) is 0 Å². The van der Waals surface area contributed by atoms with Crippen LogP contribution in [0.25, 0.3) is 6.08 Å². The second-order valence-corrected chi connectivity index (χ2v) is 7.56. The summed E-state index contributed by atoms with van der Waals surface area (Å²) in [6.45, 7) is 9.37. The highest BCUT2D eigenvalue weighted by molar-refractivity contribution is 7.81. The molecule has 0 bridgehead atoms. The summed E-state index contributed by atoms with van der Waals surface area (Å²) in [6.07, 6.45) is 10.9. The van der Waals surface area contributed by atoms with Gasteiger partial charge < -0.3 is 14.5 Å². The van der Waals surface area contributed by atoms with Crippen LogP contribution in [0.4, 0.5) is 5.69 Å². The number of allylic oxidation sites excluding steroid dienone is 3. The Morgan fingerprint density at radius 2 is 1.90 bits per heavy atom. The molecule has 0 aromatic heterocycles. The number of benzene rings is 1. The lowest BCUT2D eigenvalue weighted by Gasteiger charge is -2.36. The van der Waals surface area contributed by atoms with E-state index in [1.54, 1.807) is 0 Å². The molecule has 0 unspecified atom stereocenters. The van der Waals surface area contributed by atoms with Gasteiger partial charge in [0, 0.05) is 51.5 Å². The Kier molecular flexibility index (Phi) is 8.25. The van der Waals surface area contributed by atoms with Gasteiger partial charge in [-0.1, -0.05) is 30.4 Å². The standard InChI is InChI=1S/C23H31N3O2S/c1-2-24-11-9-21(10-12-24)4-3-20-5-7-22(8-6-20)26-15-13-25(14-16-26)17-18-28-23(27)19-29/h3-11,29H,2,12-19H2,1H3/b4-3+. The van der Waals surface area contributed by atoms with Crippen molar-refractivity contribution in [3.8, 4) is 0 Å². The summed E-state index contributed by atoms with van der Waals surface area (Å²) in [7, 11) is 0. The summed E-state index contributed by atoms with van der Waals surface area (Å²) in [5, 5.41) is 0. The van der Waals surface area contributed by atoms with E-state index in [0.717, 1.165) is 45.8 Å². The second-order valence-electron chi connectivity index (χ2n) is 7.24. The van der Waals surface area contributed by atoms with Crippen LogP contribution in [0.1, 0.15) is 12.5 Å². The molecule has 0 N–H and O–H groups in total. The number of hydrogen-bond donors (Lipinski definition) is 1. The van der Waals surface area contributed by atoms with E-state index in [9.17, 15) is 4.79 Å². The van der Waals surface area contributed by atoms with Gasteiger partial charge in [-0.25, -0.2) is 0 Å². The van der Waals surface area contributed by atoms with Crippen LogP contribution < -0.4 is 4.90 Å². The number of hydrogen-bond acceptors (Lipinski definition) is 6. The zero-order chi connectivity index (χ0) is 20.5. The van der Waals surface area contributed by atoms with Crippen LogP contribution in [0.15, 0.2) is 54.3 Å². The molecule has 1 saturated heterocycles. The first-order valence-corrected chi connectivity index (χ1v) is 11.0. The van der Waals surface area contributed by atoms with Crippen LogP contribution in [-0.4, -0.2) is 73.9 Å². The van der Waals surface area contributed by atoms with Crippen molar-refractivity contribution >= 4 is 30.4 Å². The van der Waals surface area contributed by atoms with Crippen LogP contribution >= 0.6 is 12.6 Å². The van der Waals surface area contributed by atoms with Gasteiger partial charge in [0.05, 0.1) is 5.75 Å². The number of anilines is 1. The fourth-order valence-electron chi connectivity index (χ4n) is 3.45. The van der Waals surface area contributed by atoms with Crippen molar-refractivity contribution in [3.63, 3.8) is 0 Å². The number of esters is 1. The fourth-order valence-corrected chi connectivity index (χ4v) is 3.55. The van der Waals surface area contributed by atoms with E-state index in [-0.39, 0.29) is 11.7 Å². The third-order valence-electron chi connectivity index (χ3n) is 5.34. The van der Waals surface area contributed by atoms with Gasteiger partial charge in [-0.05, 0) is 42.5 Å². The Hall–Kier alpha value is -2.18. The Morgan fingerprint density at radius 1 is 1.14 bits per heavy atom. The summed E-state index contributed by atoms with van der Waals surface area (Å²) < 4.78 is 5.11. The molecule has 5 nitrogen and oxygen atoms in total. The average Bonchev–Trinajstić information content (AvgIpc) is 2.78. The second kappa shape index (κ2) is 11.1. The predicted octanol–water partition coefficient (Wildman–Crippen LogP) is 3.07. The third-order valence-corrected chi connectivity index (χ3v) is 5.60. The molecule has 1 aromatic rings. The third kappa shape index (κ3) is 6.68. The van der Waals surface area contributed by atoms with Gasteiger partial charge in [0.2, 0.25) is 0 Å². The molecule has 6 heteroatoms. The van der Waals surface area contributed by atoms with Gasteiger partial charge in [0.1, 0.15) is 6.61 Å². The van der Waals surface area contributed by atoms with Gasteiger partial charge in [0.25, 0.3) is 0 Å². The molecule has 0 spiro atoms. The molecular formula is C23H31N3O2S. The molecule has 0 amide bonds. The highest BCUT2D eigenvalue weighted by atomic mass is 32.1. The van der Waals surface area contributed by atoms with Crippen LogP contribution in [0.5, 0.6) is 0 Å². The van der Waals surface area contributed by atoms with E-state index < -0.39 is 0 Å². The minimum absolute atomic E-state index is 0.144. The van der Waals surface area contributed by atoms with Crippen molar-refractivity contribution in [2.75, 3.05) is 63.1 Å². The van der Waals surface area contributed by atoms with Gasteiger partial charge in [-0.3, -0.25) is 9.69 Å². The van der Waals surface area contributed by atoms with Crippen molar-refractivity contribution in [2.45, 2.75) is 6.92 Å². The molecule has 156 valence electrons. The molecule has 29 heavy (non-hydrogen) atoms. The van der Waals surface area contributed by atoms with Crippen molar-refractivity contribution < 1.29 is 9.53 Å². The van der Waals surface area contributed by atoms with Crippen molar-refractivity contribution in [3.05, 3.63) is 59.8 Å². The maximum atomic E-state index is 11.1. The van der Waals surface area contributed by atoms with Gasteiger partial charge in [-0.2, -0.15) is 12.6 Å². The van der Waals surface area contributed by atoms with Crippen LogP contribution in [0, 0.1) is 0 Å². The van der Waals surface area contributed by atoms with Crippen LogP contribution in [0.2, 0.25) is 0 Å². The number of likely N-dealkylation sites (N-methyl/N-ethyl adjacent to an activating group) is 1. The quantitative estimate of drug-likeness (QED) is 0.524. The topological polar surface area (TPSA) is 36.0 Å². The first-order chi connectivity index (χ1) is 14.2. The summed E-state index contributed by atoms with van der Waals surface area (Å²) >= 11 is 3.92. The fraction of sp³-hybridized carbons (Fsp3) is 0.435. The number of carbonyl (C=O) groups excluding carboxylic acids is 1. The van der Waals surface area contributed by atoms with Gasteiger partial charge in [0.15, 0.2) is 0 Å². The molecule has 3 rings (SSSR count). The average molecular weight is 414 g/mol. The Morgan fingerprint density at radius 3 is 2.52 bits per heavy atom. The first-order valence-electron chi connectivity index (χ1n) is 10.3. The number of thiol groups is 1. The highest BCUT2D eigenvalue weighted by Crippen LogP contribution is 2.19. The van der Waals surface area contributed by atoms with Gasteiger partial charge in [-0.15, -0.1) is 0 Å². The van der Waals surface area contributed by atoms with E-state index in [4.69, 9.17) is 4.74 Å². The largest absolute Gasteiger partial charge is 0.464 e. The SMILES string of the molecule is CCN1C=CC(/C=C/c2ccc(N3CCN(CCOC(=O)CS)CC3)cc2)=CC1. The minimum atomic E-state index is -0.250. The molecular weight excluding hydrogens is 382 g/mol. The van der Waals surface area contributed by atoms with Crippen LogP contribution in [-0.2, 0) is 9.53 Å². The smallest absolute Gasteiger partial charge is 0.315 e. The summed E-state index contributed by atoms with van der Waals surface area (Å²) in [6, 6.07) is 8.77. The zero-order valence-electron chi connectivity index (χ0n) is 17.2. The molecule has 0 atom stereocenters. The maximum absolute atomic E-state index is 11.1. The molecule has 2 heterocycles. The predicted molar refractivity (Wildman–Crippen MR) is 123 cm³/mol. The number of piperazine rings is 1. The Labute approximate surface area is 179 Å². The lowest BCUT2D eigenvalue weighted by Crippen LogP contribution is -2.47. The van der Waals surface area contributed by atoms with Gasteiger partial charge >= 0.3 is 5.97 Å².